The van der Waals surface area contributed by atoms with Crippen LogP contribution in [0.2, 0.25) is 0 Å². The zero-order valence-corrected chi connectivity index (χ0v) is 5.60. The lowest BCUT2D eigenvalue weighted by molar-refractivity contribution is -0.207. The van der Waals surface area contributed by atoms with E-state index in [2.05, 4.69) is 0 Å². The quantitative estimate of drug-likeness (QED) is 0.438. The second-order valence-electron chi connectivity index (χ2n) is 2.46. The van der Waals surface area contributed by atoms with Crippen LogP contribution >= 0.6 is 0 Å². The molecule has 1 rings (SSSR count). The van der Waals surface area contributed by atoms with Gasteiger partial charge in [-0.15, -0.1) is 0 Å². The Morgan fingerprint density at radius 2 is 2.00 bits per heavy atom. The van der Waals surface area contributed by atoms with Gasteiger partial charge in [0, 0.05) is 6.42 Å². The molecule has 1 heterocycles. The molecule has 0 aromatic carbocycles. The molecule has 0 radical (unpaired) electrons. The van der Waals surface area contributed by atoms with Crippen molar-refractivity contribution in [1.29, 1.82) is 0 Å². The van der Waals surface area contributed by atoms with Gasteiger partial charge in [0.15, 0.2) is 6.29 Å². The Hall–Kier alpha value is -0.160. The minimum Gasteiger partial charge on any atom is -0.394 e. The van der Waals surface area contributed by atoms with Gasteiger partial charge in [0.05, 0.1) is 12.7 Å². The van der Waals surface area contributed by atoms with Crippen LogP contribution in [0.3, 0.4) is 0 Å². The molecular formula is C6H12O4. The molecule has 10 heavy (non-hydrogen) atoms. The first kappa shape index (κ1) is 7.94. The van der Waals surface area contributed by atoms with Crippen LogP contribution in [-0.2, 0) is 4.74 Å². The number of hydrogen-bond donors (Lipinski definition) is 3. The van der Waals surface area contributed by atoms with E-state index in [0.29, 0.717) is 12.8 Å². The maximum atomic E-state index is 9.09. The third-order valence-corrected chi connectivity index (χ3v) is 1.65. The van der Waals surface area contributed by atoms with E-state index in [0.717, 1.165) is 0 Å². The molecule has 0 bridgehead atoms. The van der Waals surface area contributed by atoms with Crippen molar-refractivity contribution in [3.05, 3.63) is 0 Å². The van der Waals surface area contributed by atoms with Crippen LogP contribution in [0.5, 0.6) is 0 Å². The predicted octanol–water partition coefficient (Wildman–Crippen LogP) is -1.16. The Balaban J connectivity index is 2.38. The second-order valence-corrected chi connectivity index (χ2v) is 2.46. The molecule has 1 fully saturated rings. The minimum atomic E-state index is -0.819. The van der Waals surface area contributed by atoms with E-state index in [1.807, 2.05) is 0 Å². The molecule has 1 saturated heterocycles. The summed E-state index contributed by atoms with van der Waals surface area (Å²) in [5, 5.41) is 26.6. The Labute approximate surface area is 59.1 Å². The molecule has 4 nitrogen and oxygen atoms in total. The highest BCUT2D eigenvalue weighted by molar-refractivity contribution is 4.73. The molecule has 0 aromatic rings. The van der Waals surface area contributed by atoms with Gasteiger partial charge in [-0.3, -0.25) is 0 Å². The maximum absolute atomic E-state index is 9.09. The van der Waals surface area contributed by atoms with Crippen molar-refractivity contribution in [2.24, 2.45) is 0 Å². The van der Waals surface area contributed by atoms with E-state index >= 15 is 0 Å². The Morgan fingerprint density at radius 1 is 1.30 bits per heavy atom. The Bertz CT molecular complexity index is 106. The molecule has 0 aromatic heterocycles. The van der Waals surface area contributed by atoms with Crippen molar-refractivity contribution in [1.82, 2.24) is 0 Å². The number of aliphatic hydroxyl groups is 3. The summed E-state index contributed by atoms with van der Waals surface area (Å²) in [4.78, 5) is 0. The van der Waals surface area contributed by atoms with Gasteiger partial charge in [-0.05, 0) is 6.42 Å². The molecule has 0 amide bonds. The molecule has 0 saturated carbocycles. The first-order chi connectivity index (χ1) is 4.74. The van der Waals surface area contributed by atoms with Crippen LogP contribution in [0.1, 0.15) is 12.8 Å². The molecule has 1 aliphatic heterocycles. The van der Waals surface area contributed by atoms with Gasteiger partial charge >= 0.3 is 0 Å². The summed E-state index contributed by atoms with van der Waals surface area (Å²) in [5.41, 5.74) is 0. The number of aliphatic hydroxyl groups excluding tert-OH is 3. The van der Waals surface area contributed by atoms with E-state index in [4.69, 9.17) is 20.1 Å². The van der Waals surface area contributed by atoms with Crippen LogP contribution in [0.15, 0.2) is 0 Å². The van der Waals surface area contributed by atoms with Gasteiger partial charge in [-0.2, -0.15) is 0 Å². The third-order valence-electron chi connectivity index (χ3n) is 1.65. The Kier molecular flexibility index (Phi) is 2.62. The molecule has 0 spiro atoms. The van der Waals surface area contributed by atoms with Gasteiger partial charge < -0.3 is 20.1 Å². The SMILES string of the molecule is OC[C@@H]1O[C@@H](O)CC[C@H]1O. The monoisotopic (exact) mass is 148 g/mol. The average molecular weight is 148 g/mol. The van der Waals surface area contributed by atoms with E-state index in [1.54, 1.807) is 0 Å². The summed E-state index contributed by atoms with van der Waals surface area (Å²) in [6.07, 6.45) is -1.12. The zero-order valence-electron chi connectivity index (χ0n) is 5.60. The first-order valence-corrected chi connectivity index (χ1v) is 3.36. The molecular weight excluding hydrogens is 136 g/mol. The van der Waals surface area contributed by atoms with Gasteiger partial charge in [0.2, 0.25) is 0 Å². The van der Waals surface area contributed by atoms with Crippen molar-refractivity contribution in [3.63, 3.8) is 0 Å². The van der Waals surface area contributed by atoms with Crippen molar-refractivity contribution >= 4 is 0 Å². The van der Waals surface area contributed by atoms with E-state index in [9.17, 15) is 0 Å². The lowest BCUT2D eigenvalue weighted by Crippen LogP contribution is -2.40. The van der Waals surface area contributed by atoms with Gasteiger partial charge in [-0.25, -0.2) is 0 Å². The molecule has 4 heteroatoms. The van der Waals surface area contributed by atoms with Crippen molar-refractivity contribution < 1.29 is 20.1 Å². The summed E-state index contributed by atoms with van der Waals surface area (Å²) >= 11 is 0. The molecule has 3 atom stereocenters. The molecule has 3 N–H and O–H groups in total. The molecule has 60 valence electrons. The summed E-state index contributed by atoms with van der Waals surface area (Å²) in [6.45, 7) is -0.238. The summed E-state index contributed by atoms with van der Waals surface area (Å²) in [7, 11) is 0. The number of ether oxygens (including phenoxy) is 1. The van der Waals surface area contributed by atoms with Crippen LogP contribution in [-0.4, -0.2) is 40.4 Å². The van der Waals surface area contributed by atoms with Gasteiger partial charge in [0.1, 0.15) is 6.10 Å². The van der Waals surface area contributed by atoms with Gasteiger partial charge in [-0.1, -0.05) is 0 Å². The normalized spacial score (nSPS) is 41.7. The van der Waals surface area contributed by atoms with E-state index in [1.165, 1.54) is 0 Å². The topological polar surface area (TPSA) is 69.9 Å². The van der Waals surface area contributed by atoms with Crippen LogP contribution < -0.4 is 0 Å². The van der Waals surface area contributed by atoms with Crippen LogP contribution in [0.25, 0.3) is 0 Å². The largest absolute Gasteiger partial charge is 0.394 e. The lowest BCUT2D eigenvalue weighted by atomic mass is 10.1. The fraction of sp³-hybridized carbons (Fsp3) is 1.00. The van der Waals surface area contributed by atoms with E-state index in [-0.39, 0.29) is 6.61 Å². The minimum absolute atomic E-state index is 0.238. The first-order valence-electron chi connectivity index (χ1n) is 3.36. The molecule has 0 aliphatic carbocycles. The van der Waals surface area contributed by atoms with Crippen molar-refractivity contribution in [2.75, 3.05) is 6.61 Å². The summed E-state index contributed by atoms with van der Waals surface area (Å²) < 4.78 is 4.80. The predicted molar refractivity (Wildman–Crippen MR) is 33.2 cm³/mol. The van der Waals surface area contributed by atoms with Crippen LogP contribution in [0, 0.1) is 0 Å². The van der Waals surface area contributed by atoms with E-state index < -0.39 is 18.5 Å². The fourth-order valence-corrected chi connectivity index (χ4v) is 1.02. The van der Waals surface area contributed by atoms with Gasteiger partial charge in [0.25, 0.3) is 0 Å². The number of hydrogen-bond acceptors (Lipinski definition) is 4. The second kappa shape index (κ2) is 3.30. The number of rotatable bonds is 1. The highest BCUT2D eigenvalue weighted by Gasteiger charge is 2.27. The maximum Gasteiger partial charge on any atom is 0.155 e. The smallest absolute Gasteiger partial charge is 0.155 e. The third kappa shape index (κ3) is 1.67. The molecule has 0 unspecified atom stereocenters. The molecule has 1 aliphatic rings. The van der Waals surface area contributed by atoms with Crippen molar-refractivity contribution in [2.45, 2.75) is 31.3 Å². The highest BCUT2D eigenvalue weighted by Crippen LogP contribution is 2.17. The summed E-state index contributed by atoms with van der Waals surface area (Å²) in [6, 6.07) is 0. The highest BCUT2D eigenvalue weighted by atomic mass is 16.6. The lowest BCUT2D eigenvalue weighted by Gasteiger charge is -2.29. The van der Waals surface area contributed by atoms with Crippen molar-refractivity contribution in [3.8, 4) is 0 Å². The summed E-state index contributed by atoms with van der Waals surface area (Å²) in [5.74, 6) is 0. The Morgan fingerprint density at radius 3 is 2.50 bits per heavy atom. The van der Waals surface area contributed by atoms with Crippen LogP contribution in [0.4, 0.5) is 0 Å². The standard InChI is InChI=1S/C6H12O4/c7-3-5-4(8)1-2-6(9)10-5/h4-9H,1-3H2/t4-,5+,6-/m1/s1. The average Bonchev–Trinajstić information content (AvgIpc) is 1.94. The zero-order chi connectivity index (χ0) is 7.56. The fourth-order valence-electron chi connectivity index (χ4n) is 1.02.